The predicted molar refractivity (Wildman–Crippen MR) is 98.5 cm³/mol. The maximum Gasteiger partial charge on any atom is 0.319 e. The topological polar surface area (TPSA) is 83.2 Å². The van der Waals surface area contributed by atoms with E-state index < -0.39 is 6.03 Å². The number of carbonyl (C=O) groups is 1. The van der Waals surface area contributed by atoms with Gasteiger partial charge in [0, 0.05) is 11.6 Å². The van der Waals surface area contributed by atoms with Crippen molar-refractivity contribution in [3.63, 3.8) is 0 Å². The van der Waals surface area contributed by atoms with Crippen molar-refractivity contribution in [3.8, 4) is 5.75 Å². The number of aromatic nitrogens is 1. The zero-order valence-electron chi connectivity index (χ0n) is 13.2. The molecule has 3 aromatic rings. The first-order valence-corrected chi connectivity index (χ1v) is 8.05. The van der Waals surface area contributed by atoms with Crippen LogP contribution in [0.5, 0.6) is 5.75 Å². The van der Waals surface area contributed by atoms with Gasteiger partial charge in [-0.3, -0.25) is 4.79 Å². The van der Waals surface area contributed by atoms with Crippen molar-refractivity contribution in [1.29, 1.82) is 0 Å². The molecule has 3 N–H and O–H groups in total. The van der Waals surface area contributed by atoms with Crippen molar-refractivity contribution in [2.24, 2.45) is 0 Å². The number of urea groups is 1. The molecule has 0 spiro atoms. The van der Waals surface area contributed by atoms with Gasteiger partial charge < -0.3 is 20.4 Å². The second-order valence-corrected chi connectivity index (χ2v) is 5.64. The number of halogens is 1. The number of para-hydroxylation sites is 2. The molecule has 25 heavy (non-hydrogen) atoms. The SMILES string of the molecule is O=C(NCCOc1ccccc1)Nc1c[nH]c2c(Cl)cccc2c1=O. The van der Waals surface area contributed by atoms with Gasteiger partial charge in [0.2, 0.25) is 5.43 Å². The first-order chi connectivity index (χ1) is 12.1. The maximum absolute atomic E-state index is 12.4. The van der Waals surface area contributed by atoms with E-state index >= 15 is 0 Å². The Morgan fingerprint density at radius 2 is 1.92 bits per heavy atom. The monoisotopic (exact) mass is 357 g/mol. The lowest BCUT2D eigenvalue weighted by molar-refractivity contribution is 0.247. The van der Waals surface area contributed by atoms with Crippen LogP contribution in [0.4, 0.5) is 10.5 Å². The highest BCUT2D eigenvalue weighted by Gasteiger charge is 2.09. The molecule has 2 amide bonds. The number of hydrogen-bond donors (Lipinski definition) is 3. The molecule has 0 saturated carbocycles. The molecule has 2 aromatic carbocycles. The van der Waals surface area contributed by atoms with E-state index in [1.807, 2.05) is 30.3 Å². The van der Waals surface area contributed by atoms with Gasteiger partial charge in [-0.15, -0.1) is 0 Å². The second-order valence-electron chi connectivity index (χ2n) is 5.24. The molecule has 7 heteroatoms. The van der Waals surface area contributed by atoms with E-state index in [2.05, 4.69) is 15.6 Å². The smallest absolute Gasteiger partial charge is 0.319 e. The number of aromatic amines is 1. The van der Waals surface area contributed by atoms with E-state index in [0.29, 0.717) is 29.1 Å². The Bertz CT molecular complexity index is 941. The third-order valence-electron chi connectivity index (χ3n) is 3.51. The average molecular weight is 358 g/mol. The molecule has 0 radical (unpaired) electrons. The molecule has 0 unspecified atom stereocenters. The van der Waals surface area contributed by atoms with Gasteiger partial charge in [0.05, 0.1) is 17.1 Å². The molecule has 1 aromatic heterocycles. The number of fused-ring (bicyclic) bond motifs is 1. The van der Waals surface area contributed by atoms with Crippen LogP contribution in [-0.4, -0.2) is 24.2 Å². The number of hydrogen-bond acceptors (Lipinski definition) is 3. The molecule has 0 aliphatic carbocycles. The van der Waals surface area contributed by atoms with Crippen LogP contribution in [0.2, 0.25) is 5.02 Å². The van der Waals surface area contributed by atoms with Crippen LogP contribution in [-0.2, 0) is 0 Å². The molecule has 0 aliphatic rings. The number of H-pyrrole nitrogens is 1. The van der Waals surface area contributed by atoms with Crippen LogP contribution in [0.1, 0.15) is 0 Å². The lowest BCUT2D eigenvalue weighted by Crippen LogP contribution is -2.33. The summed E-state index contributed by atoms with van der Waals surface area (Å²) in [6.07, 6.45) is 1.43. The molecule has 0 atom stereocenters. The van der Waals surface area contributed by atoms with Crippen molar-refractivity contribution in [2.45, 2.75) is 0 Å². The van der Waals surface area contributed by atoms with Crippen molar-refractivity contribution in [1.82, 2.24) is 10.3 Å². The number of benzene rings is 2. The number of carbonyl (C=O) groups excluding carboxylic acids is 1. The van der Waals surface area contributed by atoms with E-state index in [1.165, 1.54) is 6.20 Å². The normalized spacial score (nSPS) is 10.4. The third-order valence-corrected chi connectivity index (χ3v) is 3.83. The Morgan fingerprint density at radius 3 is 2.72 bits per heavy atom. The molecule has 6 nitrogen and oxygen atoms in total. The number of ether oxygens (including phenoxy) is 1. The van der Waals surface area contributed by atoms with Gasteiger partial charge in [0.15, 0.2) is 0 Å². The standard InChI is InChI=1S/C18H16ClN3O3/c19-14-8-4-7-13-16(14)21-11-15(17(13)23)22-18(24)20-9-10-25-12-5-2-1-3-6-12/h1-8,11H,9-10H2,(H,21,23)(H2,20,22,24). The van der Waals surface area contributed by atoms with E-state index in [-0.39, 0.29) is 11.1 Å². The number of pyridine rings is 1. The average Bonchev–Trinajstić information content (AvgIpc) is 2.63. The van der Waals surface area contributed by atoms with Gasteiger partial charge in [0.25, 0.3) is 0 Å². The van der Waals surface area contributed by atoms with E-state index in [0.717, 1.165) is 5.75 Å². The van der Waals surface area contributed by atoms with Gasteiger partial charge in [0.1, 0.15) is 18.0 Å². The fourth-order valence-electron chi connectivity index (χ4n) is 2.32. The van der Waals surface area contributed by atoms with Crippen molar-refractivity contribution in [2.75, 3.05) is 18.5 Å². The molecular formula is C18H16ClN3O3. The fourth-order valence-corrected chi connectivity index (χ4v) is 2.55. The maximum atomic E-state index is 12.4. The first-order valence-electron chi connectivity index (χ1n) is 7.68. The molecule has 0 saturated heterocycles. The number of anilines is 1. The zero-order valence-corrected chi connectivity index (χ0v) is 14.0. The van der Waals surface area contributed by atoms with E-state index in [4.69, 9.17) is 16.3 Å². The minimum atomic E-state index is -0.483. The second kappa shape index (κ2) is 7.72. The first kappa shape index (κ1) is 16.9. The van der Waals surface area contributed by atoms with Gasteiger partial charge in [-0.1, -0.05) is 35.9 Å². The van der Waals surface area contributed by atoms with E-state index in [1.54, 1.807) is 18.2 Å². The number of rotatable bonds is 5. The summed E-state index contributed by atoms with van der Waals surface area (Å²) in [6, 6.07) is 13.8. The Morgan fingerprint density at radius 1 is 1.12 bits per heavy atom. The van der Waals surface area contributed by atoms with Crippen LogP contribution in [0.25, 0.3) is 10.9 Å². The van der Waals surface area contributed by atoms with Crippen LogP contribution < -0.4 is 20.8 Å². The molecule has 128 valence electrons. The van der Waals surface area contributed by atoms with Crippen molar-refractivity contribution in [3.05, 3.63) is 70.0 Å². The summed E-state index contributed by atoms with van der Waals surface area (Å²) in [6.45, 7) is 0.624. The minimum Gasteiger partial charge on any atom is -0.492 e. The van der Waals surface area contributed by atoms with Crippen molar-refractivity contribution >= 4 is 34.2 Å². The highest BCUT2D eigenvalue weighted by atomic mass is 35.5. The van der Waals surface area contributed by atoms with Crippen LogP contribution in [0.15, 0.2) is 59.5 Å². The van der Waals surface area contributed by atoms with Gasteiger partial charge in [-0.2, -0.15) is 0 Å². The van der Waals surface area contributed by atoms with Crippen molar-refractivity contribution < 1.29 is 9.53 Å². The highest BCUT2D eigenvalue weighted by Crippen LogP contribution is 2.19. The Labute approximate surface area is 148 Å². The van der Waals surface area contributed by atoms with Crippen LogP contribution in [0.3, 0.4) is 0 Å². The summed E-state index contributed by atoms with van der Waals surface area (Å²) in [5.41, 5.74) is 0.388. The fraction of sp³-hybridized carbons (Fsp3) is 0.111. The van der Waals surface area contributed by atoms with Gasteiger partial charge in [-0.25, -0.2) is 4.79 Å². The van der Waals surface area contributed by atoms with Gasteiger partial charge >= 0.3 is 6.03 Å². The number of amides is 2. The summed E-state index contributed by atoms with van der Waals surface area (Å²) >= 11 is 6.04. The Balaban J connectivity index is 1.57. The molecule has 3 rings (SSSR count). The third kappa shape index (κ3) is 4.10. The molecule has 1 heterocycles. The van der Waals surface area contributed by atoms with Crippen LogP contribution in [0, 0.1) is 0 Å². The zero-order chi connectivity index (χ0) is 17.6. The summed E-state index contributed by atoms with van der Waals surface area (Å²) in [7, 11) is 0. The molecule has 0 aliphatic heterocycles. The molecule has 0 fully saturated rings. The Kier molecular flexibility index (Phi) is 5.20. The van der Waals surface area contributed by atoms with Gasteiger partial charge in [-0.05, 0) is 24.3 Å². The molecule has 0 bridgehead atoms. The van der Waals surface area contributed by atoms with E-state index in [9.17, 15) is 9.59 Å². The van der Waals surface area contributed by atoms with Crippen LogP contribution >= 0.6 is 11.6 Å². The summed E-state index contributed by atoms with van der Waals surface area (Å²) in [4.78, 5) is 27.2. The lowest BCUT2D eigenvalue weighted by atomic mass is 10.2. The summed E-state index contributed by atoms with van der Waals surface area (Å²) in [5.74, 6) is 0.729. The number of nitrogens with one attached hydrogen (secondary N) is 3. The summed E-state index contributed by atoms with van der Waals surface area (Å²) in [5, 5.41) is 6.02. The Hall–Kier alpha value is -2.99. The lowest BCUT2D eigenvalue weighted by Gasteiger charge is -2.09. The quantitative estimate of drug-likeness (QED) is 0.612. The minimum absolute atomic E-state index is 0.149. The predicted octanol–water partition coefficient (Wildman–Crippen LogP) is 3.38. The largest absolute Gasteiger partial charge is 0.492 e. The molecular weight excluding hydrogens is 342 g/mol. The summed E-state index contributed by atoms with van der Waals surface area (Å²) < 4.78 is 5.48. The highest BCUT2D eigenvalue weighted by molar-refractivity contribution is 6.35.